The maximum absolute atomic E-state index is 5.62. The van der Waals surface area contributed by atoms with E-state index in [0.29, 0.717) is 11.7 Å². The molecule has 2 heterocycles. The molecule has 5 heteroatoms. The Bertz CT molecular complexity index is 724. The van der Waals surface area contributed by atoms with Crippen molar-refractivity contribution in [1.82, 2.24) is 0 Å². The lowest BCUT2D eigenvalue weighted by molar-refractivity contribution is 0.404. The number of fused-ring (bicyclic) bond motifs is 1. The van der Waals surface area contributed by atoms with Crippen LogP contribution in [0, 0.1) is 0 Å². The van der Waals surface area contributed by atoms with E-state index in [0.717, 1.165) is 15.8 Å². The van der Waals surface area contributed by atoms with Gasteiger partial charge in [0.05, 0.1) is 18.2 Å². The molecule has 100 valence electrons. The van der Waals surface area contributed by atoms with Crippen LogP contribution in [-0.2, 0) is 4.74 Å². The van der Waals surface area contributed by atoms with Crippen LogP contribution in [0.25, 0.3) is 11.0 Å². The monoisotopic (exact) mass is 284 g/mol. The third-order valence-corrected chi connectivity index (χ3v) is 3.56. The van der Waals surface area contributed by atoms with Gasteiger partial charge in [-0.25, -0.2) is 0 Å². The molecule has 0 aliphatic carbocycles. The van der Waals surface area contributed by atoms with Gasteiger partial charge in [0.15, 0.2) is 0 Å². The summed E-state index contributed by atoms with van der Waals surface area (Å²) in [5.41, 5.74) is 0.836. The molecule has 0 N–H and O–H groups in total. The molecule has 3 aromatic rings. The summed E-state index contributed by atoms with van der Waals surface area (Å²) in [5.74, 6) is 1.16. The molecule has 0 amide bonds. The number of para-hydroxylation sites is 1. The molecule has 0 saturated carbocycles. The van der Waals surface area contributed by atoms with Gasteiger partial charge in [0.1, 0.15) is 11.3 Å². The molecule has 0 aliphatic rings. The predicted molar refractivity (Wildman–Crippen MR) is 81.7 cm³/mol. The molecule has 4 nitrogen and oxygen atoms in total. The number of benzene rings is 1. The Balaban J connectivity index is 1.82. The number of hydrogen-bond donors (Lipinski definition) is 0. The van der Waals surface area contributed by atoms with Crippen LogP contribution in [0.5, 0.6) is 0 Å². The molecule has 2 aromatic heterocycles. The van der Waals surface area contributed by atoms with Crippen LogP contribution in [0.3, 0.4) is 0 Å². The first-order valence-electron chi connectivity index (χ1n) is 6.04. The largest absolute Gasteiger partial charge is 0.479 e. The van der Waals surface area contributed by atoms with Gasteiger partial charge in [-0.1, -0.05) is 24.3 Å². The molecule has 0 aliphatic heterocycles. The number of methoxy groups -OCH3 is 1. The lowest BCUT2D eigenvalue weighted by Crippen LogP contribution is -1.99. The topological polar surface area (TPSA) is 47.1 Å². The van der Waals surface area contributed by atoms with Crippen molar-refractivity contribution >= 4 is 34.4 Å². The maximum atomic E-state index is 5.62. The van der Waals surface area contributed by atoms with Crippen molar-refractivity contribution in [3.8, 4) is 0 Å². The van der Waals surface area contributed by atoms with Crippen molar-refractivity contribution in [2.45, 2.75) is 0 Å². The van der Waals surface area contributed by atoms with Gasteiger partial charge >= 0.3 is 0 Å². The smallest absolute Gasteiger partial charge is 0.250 e. The van der Waals surface area contributed by atoms with Gasteiger partial charge in [-0.15, -0.1) is 16.4 Å². The van der Waals surface area contributed by atoms with Gasteiger partial charge < -0.3 is 9.15 Å². The molecule has 0 unspecified atom stereocenters. The van der Waals surface area contributed by atoms with Crippen LogP contribution in [0.2, 0.25) is 0 Å². The molecule has 0 spiro atoms. The van der Waals surface area contributed by atoms with E-state index in [1.54, 1.807) is 24.7 Å². The van der Waals surface area contributed by atoms with E-state index in [2.05, 4.69) is 10.2 Å². The van der Waals surface area contributed by atoms with Gasteiger partial charge in [-0.05, 0) is 23.6 Å². The molecule has 0 fully saturated rings. The maximum Gasteiger partial charge on any atom is 0.250 e. The zero-order valence-corrected chi connectivity index (χ0v) is 11.6. The molecule has 0 bridgehead atoms. The highest BCUT2D eigenvalue weighted by Crippen LogP contribution is 2.17. The number of rotatable bonds is 3. The highest BCUT2D eigenvalue weighted by Gasteiger charge is 2.03. The summed E-state index contributed by atoms with van der Waals surface area (Å²) in [6.45, 7) is 0. The normalized spacial score (nSPS) is 12.3. The quantitative estimate of drug-likeness (QED) is 0.416. The standard InChI is InChI=1S/C15H12N2O2S/c1-18-15(14-7-4-8-20-14)17-16-10-12-9-11-5-2-3-6-13(11)19-12/h2-10H,1H3/b16-10+,17-15-. The number of hydrogen-bond acceptors (Lipinski definition) is 5. The minimum absolute atomic E-state index is 0.493. The molecule has 0 atom stereocenters. The van der Waals surface area contributed by atoms with Crippen molar-refractivity contribution in [2.24, 2.45) is 10.2 Å². The Labute approximate surface area is 120 Å². The summed E-state index contributed by atoms with van der Waals surface area (Å²) < 4.78 is 10.8. The van der Waals surface area contributed by atoms with Crippen LogP contribution < -0.4 is 0 Å². The SMILES string of the molecule is CO/C(=N\N=C\c1cc2ccccc2o1)c1cccs1. The Kier molecular flexibility index (Phi) is 3.60. The molecule has 20 heavy (non-hydrogen) atoms. The minimum Gasteiger partial charge on any atom is -0.479 e. The molecule has 0 radical (unpaired) electrons. The highest BCUT2D eigenvalue weighted by atomic mass is 32.1. The highest BCUT2D eigenvalue weighted by molar-refractivity contribution is 7.12. The third-order valence-electron chi connectivity index (χ3n) is 2.70. The Hall–Kier alpha value is -2.40. The van der Waals surface area contributed by atoms with Crippen LogP contribution in [-0.4, -0.2) is 19.2 Å². The van der Waals surface area contributed by atoms with Gasteiger partial charge in [-0.2, -0.15) is 5.10 Å². The minimum atomic E-state index is 0.493. The zero-order valence-electron chi connectivity index (χ0n) is 10.8. The second-order valence-corrected chi connectivity index (χ2v) is 4.97. The fourth-order valence-corrected chi connectivity index (χ4v) is 2.48. The fraction of sp³-hybridized carbons (Fsp3) is 0.0667. The summed E-state index contributed by atoms with van der Waals surface area (Å²) in [4.78, 5) is 0.939. The first-order valence-corrected chi connectivity index (χ1v) is 6.92. The lowest BCUT2D eigenvalue weighted by Gasteiger charge is -1.97. The Morgan fingerprint density at radius 1 is 1.25 bits per heavy atom. The molecule has 0 saturated heterocycles. The number of ether oxygens (including phenoxy) is 1. The lowest BCUT2D eigenvalue weighted by atomic mass is 10.2. The van der Waals surface area contributed by atoms with Crippen molar-refractivity contribution < 1.29 is 9.15 Å². The molecule has 3 rings (SSSR count). The third kappa shape index (κ3) is 2.62. The number of thiophene rings is 1. The molecule has 1 aromatic carbocycles. The zero-order chi connectivity index (χ0) is 13.8. The van der Waals surface area contributed by atoms with Crippen LogP contribution in [0.15, 0.2) is 62.5 Å². The first-order chi connectivity index (χ1) is 9.86. The summed E-state index contributed by atoms with van der Waals surface area (Å²) in [7, 11) is 1.58. The van der Waals surface area contributed by atoms with Crippen LogP contribution in [0.4, 0.5) is 0 Å². The van der Waals surface area contributed by atoms with Gasteiger partial charge in [0.25, 0.3) is 5.90 Å². The fourth-order valence-electron chi connectivity index (χ4n) is 1.80. The molecular formula is C15H12N2O2S. The summed E-state index contributed by atoms with van der Waals surface area (Å²) in [5, 5.41) is 11.1. The van der Waals surface area contributed by atoms with Crippen molar-refractivity contribution in [3.63, 3.8) is 0 Å². The van der Waals surface area contributed by atoms with Crippen molar-refractivity contribution in [3.05, 3.63) is 58.5 Å². The van der Waals surface area contributed by atoms with E-state index < -0.39 is 0 Å². The van der Waals surface area contributed by atoms with Crippen molar-refractivity contribution in [1.29, 1.82) is 0 Å². The number of nitrogens with zero attached hydrogens (tertiary/aromatic N) is 2. The van der Waals surface area contributed by atoms with Gasteiger partial charge in [0, 0.05) is 5.39 Å². The average Bonchev–Trinajstić information content (AvgIpc) is 3.12. The molecular weight excluding hydrogens is 272 g/mol. The average molecular weight is 284 g/mol. The Morgan fingerprint density at radius 2 is 2.15 bits per heavy atom. The second-order valence-electron chi connectivity index (χ2n) is 4.02. The van der Waals surface area contributed by atoms with E-state index in [1.165, 1.54) is 0 Å². The Morgan fingerprint density at radius 3 is 2.90 bits per heavy atom. The van der Waals surface area contributed by atoms with E-state index in [-0.39, 0.29) is 0 Å². The van der Waals surface area contributed by atoms with E-state index in [1.807, 2.05) is 47.8 Å². The van der Waals surface area contributed by atoms with Crippen molar-refractivity contribution in [2.75, 3.05) is 7.11 Å². The summed E-state index contributed by atoms with van der Waals surface area (Å²) in [6, 6.07) is 13.6. The first kappa shape index (κ1) is 12.6. The predicted octanol–water partition coefficient (Wildman–Crippen LogP) is 3.92. The van der Waals surface area contributed by atoms with Gasteiger partial charge in [0.2, 0.25) is 0 Å². The number of furan rings is 1. The van der Waals surface area contributed by atoms with E-state index in [9.17, 15) is 0 Å². The second kappa shape index (κ2) is 5.71. The summed E-state index contributed by atoms with van der Waals surface area (Å²) >= 11 is 1.55. The summed E-state index contributed by atoms with van der Waals surface area (Å²) in [6.07, 6.45) is 1.58. The van der Waals surface area contributed by atoms with Crippen LogP contribution >= 0.6 is 11.3 Å². The van der Waals surface area contributed by atoms with Gasteiger partial charge in [-0.3, -0.25) is 0 Å². The van der Waals surface area contributed by atoms with E-state index >= 15 is 0 Å². The van der Waals surface area contributed by atoms with Crippen LogP contribution in [0.1, 0.15) is 10.6 Å². The van der Waals surface area contributed by atoms with E-state index in [4.69, 9.17) is 9.15 Å².